The predicted molar refractivity (Wildman–Crippen MR) is 120 cm³/mol. The van der Waals surface area contributed by atoms with Gasteiger partial charge in [-0.1, -0.05) is 72.8 Å². The van der Waals surface area contributed by atoms with Crippen LogP contribution >= 0.6 is 0 Å². The molecule has 1 N–H and O–H groups in total. The van der Waals surface area contributed by atoms with E-state index < -0.39 is 5.97 Å². The molecule has 0 saturated carbocycles. The Hall–Kier alpha value is -3.79. The molecule has 0 spiro atoms. The second-order valence-electron chi connectivity index (χ2n) is 7.64. The lowest BCUT2D eigenvalue weighted by atomic mass is 9.83. The highest BCUT2D eigenvalue weighted by molar-refractivity contribution is 6.06. The van der Waals surface area contributed by atoms with E-state index in [9.17, 15) is 9.90 Å². The zero-order valence-electron chi connectivity index (χ0n) is 16.5. The Balaban J connectivity index is 1.82. The number of aliphatic imine (C=N–C) groups is 1. The van der Waals surface area contributed by atoms with Crippen LogP contribution in [0.15, 0.2) is 83.9 Å². The number of carbonyl (C=O) groups is 1. The average molecular weight is 392 g/mol. The van der Waals surface area contributed by atoms with Crippen LogP contribution in [0.1, 0.15) is 40.9 Å². The quantitative estimate of drug-likeness (QED) is 0.450. The third kappa shape index (κ3) is 3.07. The number of pyridine rings is 1. The minimum Gasteiger partial charge on any atom is -0.477 e. The normalized spacial score (nSPS) is 15.5. The molecule has 0 fully saturated rings. The summed E-state index contributed by atoms with van der Waals surface area (Å²) in [6.45, 7) is 2.02. The topological polar surface area (TPSA) is 62.5 Å². The third-order valence-electron chi connectivity index (χ3n) is 5.67. The summed E-state index contributed by atoms with van der Waals surface area (Å²) in [5.74, 6) is -0.860. The van der Waals surface area contributed by atoms with Gasteiger partial charge < -0.3 is 5.11 Å². The average Bonchev–Trinajstić information content (AvgIpc) is 2.78. The minimum absolute atomic E-state index is 0.0319. The molecular weight excluding hydrogens is 372 g/mol. The Labute approximate surface area is 174 Å². The van der Waals surface area contributed by atoms with Crippen molar-refractivity contribution in [3.05, 3.63) is 95.7 Å². The molecule has 4 nitrogen and oxygen atoms in total. The van der Waals surface area contributed by atoms with Crippen molar-refractivity contribution >= 4 is 28.3 Å². The van der Waals surface area contributed by atoms with Crippen molar-refractivity contribution in [2.24, 2.45) is 4.99 Å². The lowest BCUT2D eigenvalue weighted by Gasteiger charge is -2.25. The summed E-state index contributed by atoms with van der Waals surface area (Å²) in [4.78, 5) is 21.2. The van der Waals surface area contributed by atoms with E-state index in [0.717, 1.165) is 39.9 Å². The van der Waals surface area contributed by atoms with Crippen molar-refractivity contribution in [2.75, 3.05) is 0 Å². The Bertz CT molecular complexity index is 1300. The highest BCUT2D eigenvalue weighted by atomic mass is 16.4. The van der Waals surface area contributed by atoms with Crippen LogP contribution in [0.4, 0.5) is 5.69 Å². The van der Waals surface area contributed by atoms with Crippen LogP contribution in [-0.4, -0.2) is 21.8 Å². The van der Waals surface area contributed by atoms with Crippen LogP contribution in [0.25, 0.3) is 22.0 Å². The lowest BCUT2D eigenvalue weighted by Crippen LogP contribution is -2.12. The molecule has 146 valence electrons. The fraction of sp³-hybridized carbons (Fsp3) is 0.115. The van der Waals surface area contributed by atoms with E-state index in [4.69, 9.17) is 4.99 Å². The molecule has 5 rings (SSSR count). The van der Waals surface area contributed by atoms with Crippen molar-refractivity contribution in [3.63, 3.8) is 0 Å². The molecule has 0 bridgehead atoms. The first kappa shape index (κ1) is 18.3. The monoisotopic (exact) mass is 392 g/mol. The van der Waals surface area contributed by atoms with Crippen molar-refractivity contribution < 1.29 is 9.90 Å². The smallest absolute Gasteiger partial charge is 0.354 e. The molecule has 1 aliphatic heterocycles. The van der Waals surface area contributed by atoms with Crippen molar-refractivity contribution in [1.82, 2.24) is 4.98 Å². The van der Waals surface area contributed by atoms with Gasteiger partial charge >= 0.3 is 5.97 Å². The molecule has 0 aliphatic carbocycles. The van der Waals surface area contributed by atoms with E-state index in [1.807, 2.05) is 55.5 Å². The molecule has 3 aromatic carbocycles. The second kappa shape index (κ2) is 7.23. The molecule has 4 aromatic rings. The number of fused-ring (bicyclic) bond motifs is 3. The Morgan fingerprint density at radius 3 is 2.37 bits per heavy atom. The predicted octanol–water partition coefficient (Wildman–Crippen LogP) is 6.23. The van der Waals surface area contributed by atoms with Gasteiger partial charge in [0.05, 0.1) is 11.2 Å². The van der Waals surface area contributed by atoms with Gasteiger partial charge in [-0.05, 0) is 41.7 Å². The molecule has 4 heteroatoms. The number of aromatic nitrogens is 1. The summed E-state index contributed by atoms with van der Waals surface area (Å²) in [5, 5.41) is 10.6. The van der Waals surface area contributed by atoms with E-state index in [2.05, 4.69) is 29.2 Å². The highest BCUT2D eigenvalue weighted by Crippen LogP contribution is 2.44. The largest absolute Gasteiger partial charge is 0.477 e. The van der Waals surface area contributed by atoms with Gasteiger partial charge in [-0.15, -0.1) is 0 Å². The molecular formula is C26H20N2O2. The molecule has 2 heterocycles. The number of benzene rings is 3. The van der Waals surface area contributed by atoms with Gasteiger partial charge in [0.2, 0.25) is 0 Å². The zero-order chi connectivity index (χ0) is 20.7. The fourth-order valence-electron chi connectivity index (χ4n) is 4.28. The summed E-state index contributed by atoms with van der Waals surface area (Å²) in [7, 11) is 0. The molecule has 1 aliphatic rings. The van der Waals surface area contributed by atoms with Crippen LogP contribution in [0.5, 0.6) is 0 Å². The van der Waals surface area contributed by atoms with Crippen LogP contribution in [-0.2, 0) is 0 Å². The maximum Gasteiger partial charge on any atom is 0.354 e. The molecule has 1 unspecified atom stereocenters. The molecule has 0 amide bonds. The second-order valence-corrected chi connectivity index (χ2v) is 7.64. The SMILES string of the molecule is CC1=Nc2c(ccc3c(-c4ccccc4)cc(C(=O)O)nc23)C(c2ccccc2)C1. The number of carboxylic acid groups (broad SMARTS) is 1. The Kier molecular flexibility index (Phi) is 4.40. The van der Waals surface area contributed by atoms with E-state index in [0.29, 0.717) is 5.52 Å². The standard InChI is InChI=1S/C26H20N2O2/c1-16-14-21(17-8-4-2-5-9-17)19-12-13-20-22(18-10-6-3-7-11-18)15-23(26(29)30)28-25(20)24(19)27-16/h2-13,15,21H,14H2,1H3,(H,29,30). The van der Waals surface area contributed by atoms with Crippen molar-refractivity contribution in [2.45, 2.75) is 19.3 Å². The van der Waals surface area contributed by atoms with Crippen molar-refractivity contribution in [1.29, 1.82) is 0 Å². The summed E-state index contributed by atoms with van der Waals surface area (Å²) in [6.07, 6.45) is 0.840. The van der Waals surface area contributed by atoms with Gasteiger partial charge in [0.1, 0.15) is 5.69 Å². The number of hydrogen-bond acceptors (Lipinski definition) is 3. The molecule has 30 heavy (non-hydrogen) atoms. The van der Waals surface area contributed by atoms with Crippen LogP contribution in [0, 0.1) is 0 Å². The fourth-order valence-corrected chi connectivity index (χ4v) is 4.28. The number of hydrogen-bond donors (Lipinski definition) is 1. The summed E-state index contributed by atoms with van der Waals surface area (Å²) >= 11 is 0. The molecule has 1 aromatic heterocycles. The van der Waals surface area contributed by atoms with Crippen LogP contribution < -0.4 is 0 Å². The maximum absolute atomic E-state index is 11.8. The van der Waals surface area contributed by atoms with E-state index in [-0.39, 0.29) is 11.6 Å². The van der Waals surface area contributed by atoms with E-state index >= 15 is 0 Å². The van der Waals surface area contributed by atoms with E-state index in [1.54, 1.807) is 6.07 Å². The van der Waals surface area contributed by atoms with Gasteiger partial charge in [-0.25, -0.2) is 9.78 Å². The number of aromatic carboxylic acids is 1. The Morgan fingerprint density at radius 1 is 0.967 bits per heavy atom. The molecule has 0 saturated heterocycles. The van der Waals surface area contributed by atoms with Gasteiger partial charge in [-0.3, -0.25) is 4.99 Å². The lowest BCUT2D eigenvalue weighted by molar-refractivity contribution is 0.0691. The summed E-state index contributed by atoms with van der Waals surface area (Å²) in [5.41, 5.74) is 6.62. The first-order valence-electron chi connectivity index (χ1n) is 9.97. The van der Waals surface area contributed by atoms with E-state index in [1.165, 1.54) is 5.56 Å². The summed E-state index contributed by atoms with van der Waals surface area (Å²) in [6, 6.07) is 26.0. The van der Waals surface area contributed by atoms with Crippen LogP contribution in [0.3, 0.4) is 0 Å². The molecule has 0 radical (unpaired) electrons. The summed E-state index contributed by atoms with van der Waals surface area (Å²) < 4.78 is 0. The highest BCUT2D eigenvalue weighted by Gasteiger charge is 2.26. The van der Waals surface area contributed by atoms with Crippen LogP contribution in [0.2, 0.25) is 0 Å². The van der Waals surface area contributed by atoms with Gasteiger partial charge in [0, 0.05) is 17.0 Å². The zero-order valence-corrected chi connectivity index (χ0v) is 16.5. The first-order valence-corrected chi connectivity index (χ1v) is 9.97. The minimum atomic E-state index is -1.04. The third-order valence-corrected chi connectivity index (χ3v) is 5.67. The molecule has 1 atom stereocenters. The number of rotatable bonds is 3. The van der Waals surface area contributed by atoms with Gasteiger partial charge in [0.25, 0.3) is 0 Å². The Morgan fingerprint density at radius 2 is 1.67 bits per heavy atom. The van der Waals surface area contributed by atoms with Gasteiger partial charge in [0.15, 0.2) is 0 Å². The van der Waals surface area contributed by atoms with Crippen molar-refractivity contribution in [3.8, 4) is 11.1 Å². The first-order chi connectivity index (χ1) is 14.6. The number of nitrogens with zero attached hydrogens (tertiary/aromatic N) is 2. The maximum atomic E-state index is 11.8. The van der Waals surface area contributed by atoms with Gasteiger partial charge in [-0.2, -0.15) is 0 Å². The number of carboxylic acids is 1.